The largest absolute Gasteiger partial charge is 0.344 e. The standard InChI is InChI=1S/C40H35N3/c1-7-13-29-30(14-8-2)36(10-4)42(35(29)9-3)27-18-21-37-33(24-27)34-25-28(19-22-38(34)41(37)6)43-39-16-12-11-15-31(39)32-20-17-26(5)23-40(32)43/h7-25H,3-4H2,1-2,5-6H3/b13-7-,14-8-. The summed E-state index contributed by atoms with van der Waals surface area (Å²) in [6, 6.07) is 29.1. The lowest BCUT2D eigenvalue weighted by Gasteiger charge is -2.11. The Morgan fingerprint density at radius 2 is 1.12 bits per heavy atom. The molecule has 3 heteroatoms. The van der Waals surface area contributed by atoms with E-state index < -0.39 is 0 Å². The van der Waals surface area contributed by atoms with Crippen LogP contribution in [-0.2, 0) is 7.05 Å². The highest BCUT2D eigenvalue weighted by Crippen LogP contribution is 2.38. The molecule has 3 nitrogen and oxygen atoms in total. The third-order valence-corrected chi connectivity index (χ3v) is 8.70. The highest BCUT2D eigenvalue weighted by molar-refractivity contribution is 6.12. The van der Waals surface area contributed by atoms with Crippen LogP contribution in [0.5, 0.6) is 0 Å². The average molecular weight is 558 g/mol. The topological polar surface area (TPSA) is 14.8 Å². The Bertz CT molecular complexity index is 2270. The molecule has 0 aliphatic heterocycles. The van der Waals surface area contributed by atoms with E-state index in [-0.39, 0.29) is 0 Å². The van der Waals surface area contributed by atoms with Crippen LogP contribution in [0, 0.1) is 6.92 Å². The highest BCUT2D eigenvalue weighted by atomic mass is 15.0. The average Bonchev–Trinajstić information content (AvgIpc) is 3.61. The van der Waals surface area contributed by atoms with E-state index >= 15 is 0 Å². The smallest absolute Gasteiger partial charge is 0.0543 e. The van der Waals surface area contributed by atoms with Crippen molar-refractivity contribution in [2.24, 2.45) is 7.05 Å². The minimum absolute atomic E-state index is 1.06. The summed E-state index contributed by atoms with van der Waals surface area (Å²) in [6.45, 7) is 14.7. The van der Waals surface area contributed by atoms with E-state index in [1.807, 2.05) is 12.2 Å². The molecule has 3 heterocycles. The van der Waals surface area contributed by atoms with Crippen LogP contribution >= 0.6 is 0 Å². The number of hydrogen-bond donors (Lipinski definition) is 0. The van der Waals surface area contributed by atoms with Crippen LogP contribution in [0.3, 0.4) is 0 Å². The Morgan fingerprint density at radius 3 is 1.70 bits per heavy atom. The first-order valence-corrected chi connectivity index (χ1v) is 14.8. The van der Waals surface area contributed by atoms with Crippen molar-refractivity contribution in [3.05, 3.63) is 132 Å². The molecule has 0 bridgehead atoms. The minimum atomic E-state index is 1.06. The first-order valence-electron chi connectivity index (χ1n) is 14.8. The summed E-state index contributed by atoms with van der Waals surface area (Å²) in [4.78, 5) is 0. The first kappa shape index (κ1) is 26.6. The number of aromatic nitrogens is 3. The maximum absolute atomic E-state index is 4.20. The predicted molar refractivity (Wildman–Crippen MR) is 188 cm³/mol. The second-order valence-corrected chi connectivity index (χ2v) is 11.2. The SMILES string of the molecule is C=Cc1c(/C=C\C)c(/C=C\C)c(C=C)n1-c1ccc2c(c1)c1cc(-n3c4ccccc4c4ccc(C)cc43)ccc1n2C. The Balaban J connectivity index is 1.52. The van der Waals surface area contributed by atoms with E-state index in [4.69, 9.17) is 0 Å². The highest BCUT2D eigenvalue weighted by Gasteiger charge is 2.19. The summed E-state index contributed by atoms with van der Waals surface area (Å²) in [5, 5.41) is 4.99. The molecule has 210 valence electrons. The molecule has 0 fully saturated rings. The predicted octanol–water partition coefficient (Wildman–Crippen LogP) is 10.9. The molecule has 0 N–H and O–H groups in total. The number of rotatable bonds is 6. The van der Waals surface area contributed by atoms with Crippen molar-refractivity contribution in [1.82, 2.24) is 13.7 Å². The van der Waals surface area contributed by atoms with Crippen LogP contribution < -0.4 is 0 Å². The van der Waals surface area contributed by atoms with Crippen LogP contribution in [-0.4, -0.2) is 13.7 Å². The molecule has 4 aromatic carbocycles. The lowest BCUT2D eigenvalue weighted by atomic mass is 10.1. The molecular weight excluding hydrogens is 522 g/mol. The van der Waals surface area contributed by atoms with Crippen LogP contribution in [0.15, 0.2) is 104 Å². The Hall–Kier alpha value is -5.28. The number of hydrogen-bond acceptors (Lipinski definition) is 0. The second-order valence-electron chi connectivity index (χ2n) is 11.2. The van der Waals surface area contributed by atoms with Crippen molar-refractivity contribution >= 4 is 67.9 Å². The maximum atomic E-state index is 4.20. The molecule has 0 saturated carbocycles. The normalized spacial score (nSPS) is 12.2. The molecule has 43 heavy (non-hydrogen) atoms. The van der Waals surface area contributed by atoms with Gasteiger partial charge in [-0.1, -0.05) is 67.8 Å². The molecule has 0 saturated heterocycles. The van der Waals surface area contributed by atoms with Gasteiger partial charge in [0.15, 0.2) is 0 Å². The minimum Gasteiger partial charge on any atom is -0.344 e. The van der Waals surface area contributed by atoms with Crippen molar-refractivity contribution in [3.63, 3.8) is 0 Å². The summed E-state index contributed by atoms with van der Waals surface area (Å²) in [7, 11) is 2.15. The number of nitrogens with zero attached hydrogens (tertiary/aromatic N) is 3. The van der Waals surface area contributed by atoms with Gasteiger partial charge in [-0.2, -0.15) is 0 Å². The molecule has 0 radical (unpaired) electrons. The van der Waals surface area contributed by atoms with Crippen molar-refractivity contribution in [2.45, 2.75) is 20.8 Å². The molecule has 0 spiro atoms. The van der Waals surface area contributed by atoms with Crippen LogP contribution in [0.1, 0.15) is 41.9 Å². The van der Waals surface area contributed by atoms with Gasteiger partial charge in [-0.05, 0) is 87.0 Å². The molecule has 0 amide bonds. The van der Waals surface area contributed by atoms with Crippen LogP contribution in [0.4, 0.5) is 0 Å². The van der Waals surface area contributed by atoms with Gasteiger partial charge in [0.1, 0.15) is 0 Å². The molecule has 0 aliphatic rings. The fraction of sp³-hybridized carbons (Fsp3) is 0.100. The molecule has 3 aromatic heterocycles. The number of benzene rings is 4. The summed E-state index contributed by atoms with van der Waals surface area (Å²) in [5.41, 5.74) is 12.8. The Labute approximate surface area is 252 Å². The van der Waals surface area contributed by atoms with Gasteiger partial charge in [0, 0.05) is 62.1 Å². The summed E-state index contributed by atoms with van der Waals surface area (Å²) in [5.74, 6) is 0. The van der Waals surface area contributed by atoms with Gasteiger partial charge < -0.3 is 13.7 Å². The van der Waals surface area contributed by atoms with E-state index in [0.717, 1.165) is 33.9 Å². The summed E-state index contributed by atoms with van der Waals surface area (Å²) >= 11 is 0. The monoisotopic (exact) mass is 557 g/mol. The third kappa shape index (κ3) is 3.89. The summed E-state index contributed by atoms with van der Waals surface area (Å²) < 4.78 is 6.98. The Kier molecular flexibility index (Phi) is 6.32. The molecule has 7 rings (SSSR count). The lowest BCUT2D eigenvalue weighted by molar-refractivity contribution is 1.01. The zero-order valence-electron chi connectivity index (χ0n) is 25.2. The van der Waals surface area contributed by atoms with E-state index in [1.165, 1.54) is 49.2 Å². The van der Waals surface area contributed by atoms with E-state index in [0.29, 0.717) is 0 Å². The fourth-order valence-electron chi connectivity index (χ4n) is 6.84. The quantitative estimate of drug-likeness (QED) is 0.193. The van der Waals surface area contributed by atoms with E-state index in [1.54, 1.807) is 0 Å². The lowest BCUT2D eigenvalue weighted by Crippen LogP contribution is -1.99. The molecule has 0 aliphatic carbocycles. The van der Waals surface area contributed by atoms with Gasteiger partial charge in [-0.15, -0.1) is 0 Å². The number of allylic oxidation sites excluding steroid dienone is 2. The zero-order valence-corrected chi connectivity index (χ0v) is 25.2. The molecule has 0 unspecified atom stereocenters. The van der Waals surface area contributed by atoms with Crippen molar-refractivity contribution in [3.8, 4) is 11.4 Å². The first-order chi connectivity index (χ1) is 21.0. The third-order valence-electron chi connectivity index (χ3n) is 8.70. The fourth-order valence-corrected chi connectivity index (χ4v) is 6.84. The summed E-state index contributed by atoms with van der Waals surface area (Å²) in [6.07, 6.45) is 12.4. The van der Waals surface area contributed by atoms with Crippen molar-refractivity contribution < 1.29 is 0 Å². The zero-order chi connectivity index (χ0) is 29.8. The van der Waals surface area contributed by atoms with Crippen molar-refractivity contribution in [1.29, 1.82) is 0 Å². The number of para-hydroxylation sites is 1. The van der Waals surface area contributed by atoms with Gasteiger partial charge in [-0.25, -0.2) is 0 Å². The van der Waals surface area contributed by atoms with Crippen LogP contribution in [0.25, 0.3) is 79.3 Å². The molecular formula is C40H35N3. The van der Waals surface area contributed by atoms with Gasteiger partial charge in [-0.3, -0.25) is 0 Å². The number of fused-ring (bicyclic) bond motifs is 6. The second kappa shape index (κ2) is 10.2. The van der Waals surface area contributed by atoms with Gasteiger partial charge in [0.25, 0.3) is 0 Å². The van der Waals surface area contributed by atoms with Gasteiger partial charge in [0.05, 0.1) is 22.4 Å². The molecule has 0 atom stereocenters. The Morgan fingerprint density at radius 1 is 0.558 bits per heavy atom. The maximum Gasteiger partial charge on any atom is 0.0543 e. The molecule has 7 aromatic rings. The van der Waals surface area contributed by atoms with E-state index in [9.17, 15) is 0 Å². The van der Waals surface area contributed by atoms with Crippen molar-refractivity contribution in [2.75, 3.05) is 0 Å². The van der Waals surface area contributed by atoms with E-state index in [2.05, 4.69) is 158 Å². The van der Waals surface area contributed by atoms with Gasteiger partial charge >= 0.3 is 0 Å². The van der Waals surface area contributed by atoms with Gasteiger partial charge in [0.2, 0.25) is 0 Å². The van der Waals surface area contributed by atoms with Crippen LogP contribution in [0.2, 0.25) is 0 Å². The number of aryl methyl sites for hydroxylation is 2.